The number of benzene rings is 2. The molecular weight excluding hydrogens is 342 g/mol. The average molecular weight is 358 g/mol. The number of nitriles is 1. The molecule has 0 unspecified atom stereocenters. The van der Waals surface area contributed by atoms with E-state index in [1.54, 1.807) is 30.3 Å². The molecule has 0 amide bonds. The highest BCUT2D eigenvalue weighted by Crippen LogP contribution is 2.30. The van der Waals surface area contributed by atoms with Gasteiger partial charge in [0.15, 0.2) is 11.5 Å². The Morgan fingerprint density at radius 3 is 2.64 bits per heavy atom. The summed E-state index contributed by atoms with van der Waals surface area (Å²) in [6.07, 6.45) is 1.28. The quantitative estimate of drug-likeness (QED) is 0.590. The molecule has 0 saturated carbocycles. The molecule has 0 bridgehead atoms. The maximum Gasteiger partial charge on any atom is 0.346 e. The van der Waals surface area contributed by atoms with Gasteiger partial charge in [-0.15, -0.1) is 0 Å². The molecule has 0 aliphatic carbocycles. The Kier molecular flexibility index (Phi) is 6.44. The van der Waals surface area contributed by atoms with Crippen LogP contribution in [-0.4, -0.2) is 17.7 Å². The molecule has 5 nitrogen and oxygen atoms in total. The summed E-state index contributed by atoms with van der Waals surface area (Å²) in [7, 11) is 0. The van der Waals surface area contributed by atoms with E-state index in [1.807, 2.05) is 25.1 Å². The van der Waals surface area contributed by atoms with Gasteiger partial charge in [0.25, 0.3) is 0 Å². The number of hydrogen-bond donors (Lipinski definition) is 1. The van der Waals surface area contributed by atoms with Crippen LogP contribution in [0, 0.1) is 11.3 Å². The maximum absolute atomic E-state index is 10.9. The van der Waals surface area contributed by atoms with Crippen molar-refractivity contribution in [1.29, 1.82) is 5.26 Å². The molecular formula is C19H16ClNO4. The molecule has 0 spiro atoms. The lowest BCUT2D eigenvalue weighted by Crippen LogP contribution is -2.01. The van der Waals surface area contributed by atoms with Crippen LogP contribution < -0.4 is 9.47 Å². The van der Waals surface area contributed by atoms with E-state index in [1.165, 1.54) is 6.08 Å². The molecule has 0 saturated heterocycles. The van der Waals surface area contributed by atoms with Gasteiger partial charge >= 0.3 is 5.97 Å². The second-order valence-corrected chi connectivity index (χ2v) is 5.40. The number of carboxylic acids is 1. The highest BCUT2D eigenvalue weighted by molar-refractivity contribution is 6.31. The van der Waals surface area contributed by atoms with Crippen LogP contribution in [0.2, 0.25) is 5.02 Å². The lowest BCUT2D eigenvalue weighted by Gasteiger charge is -2.13. The highest BCUT2D eigenvalue weighted by Gasteiger charge is 2.10. The van der Waals surface area contributed by atoms with Crippen LogP contribution in [0.4, 0.5) is 0 Å². The Labute approximate surface area is 150 Å². The second kappa shape index (κ2) is 8.76. The monoisotopic (exact) mass is 357 g/mol. The van der Waals surface area contributed by atoms with E-state index in [0.717, 1.165) is 5.56 Å². The molecule has 0 fully saturated rings. The van der Waals surface area contributed by atoms with Gasteiger partial charge in [-0.3, -0.25) is 0 Å². The fraction of sp³-hybridized carbons (Fsp3) is 0.158. The standard InChI is InChI=1S/C19H16ClNO4/c1-2-24-18-10-13(9-15(11-21)19(22)23)7-8-17(18)25-12-14-5-3-4-6-16(14)20/h3-10H,2,12H2,1H3,(H,22,23). The molecule has 0 radical (unpaired) electrons. The number of carbonyl (C=O) groups is 1. The summed E-state index contributed by atoms with van der Waals surface area (Å²) in [5.41, 5.74) is 1.02. The third-order valence-corrected chi connectivity index (χ3v) is 3.64. The van der Waals surface area contributed by atoms with Crippen molar-refractivity contribution in [3.05, 3.63) is 64.2 Å². The van der Waals surface area contributed by atoms with Crippen molar-refractivity contribution in [3.63, 3.8) is 0 Å². The zero-order valence-electron chi connectivity index (χ0n) is 13.5. The molecule has 0 heterocycles. The van der Waals surface area contributed by atoms with Gasteiger partial charge in [-0.2, -0.15) is 5.26 Å². The Hall–Kier alpha value is -2.97. The molecule has 1 N–H and O–H groups in total. The topological polar surface area (TPSA) is 79.5 Å². The van der Waals surface area contributed by atoms with Crippen LogP contribution in [-0.2, 0) is 11.4 Å². The molecule has 6 heteroatoms. The van der Waals surface area contributed by atoms with Crippen molar-refractivity contribution in [2.45, 2.75) is 13.5 Å². The SMILES string of the molecule is CCOc1cc(C=C(C#N)C(=O)O)ccc1OCc1ccccc1Cl. The minimum absolute atomic E-state index is 0.271. The Morgan fingerprint density at radius 1 is 1.24 bits per heavy atom. The fourth-order valence-electron chi connectivity index (χ4n) is 2.08. The average Bonchev–Trinajstić information content (AvgIpc) is 2.60. The van der Waals surface area contributed by atoms with E-state index in [2.05, 4.69) is 0 Å². The Bertz CT molecular complexity index is 840. The van der Waals surface area contributed by atoms with Gasteiger partial charge in [0, 0.05) is 10.6 Å². The van der Waals surface area contributed by atoms with Gasteiger partial charge in [-0.25, -0.2) is 4.79 Å². The predicted molar refractivity (Wildman–Crippen MR) is 94.6 cm³/mol. The van der Waals surface area contributed by atoms with Crippen molar-refractivity contribution in [2.24, 2.45) is 0 Å². The summed E-state index contributed by atoms with van der Waals surface area (Å²) in [5, 5.41) is 18.4. The molecule has 0 atom stereocenters. The number of aliphatic carboxylic acids is 1. The molecule has 2 aromatic rings. The largest absolute Gasteiger partial charge is 0.490 e. The number of halogens is 1. The number of carboxylic acid groups (broad SMARTS) is 1. The maximum atomic E-state index is 10.9. The number of hydrogen-bond acceptors (Lipinski definition) is 4. The summed E-state index contributed by atoms with van der Waals surface area (Å²) >= 11 is 6.11. The van der Waals surface area contributed by atoms with Gasteiger partial charge in [-0.1, -0.05) is 35.9 Å². The van der Waals surface area contributed by atoms with E-state index in [4.69, 9.17) is 31.4 Å². The first-order valence-corrected chi connectivity index (χ1v) is 7.91. The van der Waals surface area contributed by atoms with Crippen LogP contribution >= 0.6 is 11.6 Å². The van der Waals surface area contributed by atoms with E-state index < -0.39 is 5.97 Å². The van der Waals surface area contributed by atoms with E-state index in [9.17, 15) is 4.79 Å². The Balaban J connectivity index is 2.26. The number of ether oxygens (including phenoxy) is 2. The second-order valence-electron chi connectivity index (χ2n) is 4.99. The van der Waals surface area contributed by atoms with Crippen LogP contribution in [0.3, 0.4) is 0 Å². The van der Waals surface area contributed by atoms with E-state index >= 15 is 0 Å². The Morgan fingerprint density at radius 2 is 2.00 bits per heavy atom. The third kappa shape index (κ3) is 5.00. The van der Waals surface area contributed by atoms with Crippen LogP contribution in [0.15, 0.2) is 48.0 Å². The third-order valence-electron chi connectivity index (χ3n) is 3.27. The van der Waals surface area contributed by atoms with Gasteiger partial charge in [-0.05, 0) is 36.8 Å². The van der Waals surface area contributed by atoms with Gasteiger partial charge in [0.2, 0.25) is 0 Å². The molecule has 0 aliphatic heterocycles. The zero-order chi connectivity index (χ0) is 18.2. The zero-order valence-corrected chi connectivity index (χ0v) is 14.3. The van der Waals surface area contributed by atoms with Crippen molar-refractivity contribution >= 4 is 23.6 Å². The summed E-state index contributed by atoms with van der Waals surface area (Å²) in [6, 6.07) is 14.0. The summed E-state index contributed by atoms with van der Waals surface area (Å²) in [4.78, 5) is 10.9. The first-order valence-electron chi connectivity index (χ1n) is 7.53. The lowest BCUT2D eigenvalue weighted by atomic mass is 10.1. The van der Waals surface area contributed by atoms with Gasteiger partial charge in [0.1, 0.15) is 18.2 Å². The van der Waals surface area contributed by atoms with Crippen molar-refractivity contribution in [1.82, 2.24) is 0 Å². The number of nitrogens with zero attached hydrogens (tertiary/aromatic N) is 1. The smallest absolute Gasteiger partial charge is 0.346 e. The molecule has 0 aliphatic rings. The van der Waals surface area contributed by atoms with E-state index in [0.29, 0.717) is 28.7 Å². The molecule has 2 rings (SSSR count). The minimum atomic E-state index is -1.28. The fourth-order valence-corrected chi connectivity index (χ4v) is 2.27. The summed E-state index contributed by atoms with van der Waals surface area (Å²) in [5.74, 6) is -0.307. The van der Waals surface area contributed by atoms with Gasteiger partial charge in [0.05, 0.1) is 6.61 Å². The van der Waals surface area contributed by atoms with Crippen LogP contribution in [0.25, 0.3) is 6.08 Å². The predicted octanol–water partition coefficient (Wildman–Crippen LogP) is 4.31. The molecule has 128 valence electrons. The first kappa shape index (κ1) is 18.4. The normalized spacial score (nSPS) is 10.8. The van der Waals surface area contributed by atoms with Crippen molar-refractivity contribution < 1.29 is 19.4 Å². The molecule has 2 aromatic carbocycles. The van der Waals surface area contributed by atoms with Crippen LogP contribution in [0.5, 0.6) is 11.5 Å². The summed E-state index contributed by atoms with van der Waals surface area (Å²) < 4.78 is 11.3. The summed E-state index contributed by atoms with van der Waals surface area (Å²) in [6.45, 7) is 2.52. The van der Waals surface area contributed by atoms with E-state index in [-0.39, 0.29) is 12.2 Å². The van der Waals surface area contributed by atoms with Crippen molar-refractivity contribution in [3.8, 4) is 17.6 Å². The minimum Gasteiger partial charge on any atom is -0.490 e. The lowest BCUT2D eigenvalue weighted by molar-refractivity contribution is -0.132. The van der Waals surface area contributed by atoms with Crippen molar-refractivity contribution in [2.75, 3.05) is 6.61 Å². The number of rotatable bonds is 7. The first-order chi connectivity index (χ1) is 12.0. The molecule has 0 aromatic heterocycles. The van der Waals surface area contributed by atoms with Crippen LogP contribution in [0.1, 0.15) is 18.1 Å². The highest BCUT2D eigenvalue weighted by atomic mass is 35.5. The van der Waals surface area contributed by atoms with Gasteiger partial charge < -0.3 is 14.6 Å². The molecule has 25 heavy (non-hydrogen) atoms.